The Kier molecular flexibility index (Phi) is 6.33. The molecule has 1 fully saturated rings. The van der Waals surface area contributed by atoms with E-state index in [1.807, 2.05) is 30.3 Å². The Balaban J connectivity index is 1.86. The molecule has 0 radical (unpaired) electrons. The second kappa shape index (κ2) is 8.59. The Labute approximate surface area is 179 Å². The van der Waals surface area contributed by atoms with Gasteiger partial charge in [0.1, 0.15) is 18.9 Å². The van der Waals surface area contributed by atoms with Crippen LogP contribution in [0.3, 0.4) is 0 Å². The highest BCUT2D eigenvalue weighted by Gasteiger charge is 2.44. The molecular formula is C20H22Cl2N4O3. The number of carbonyl (C=O) groups excluding carboxylic acids is 2. The fraction of sp³-hybridized carbons (Fsp3) is 0.300. The second-order valence-electron chi connectivity index (χ2n) is 7.09. The van der Waals surface area contributed by atoms with Crippen molar-refractivity contribution in [2.75, 3.05) is 30.7 Å². The number of amides is 3. The average molecular weight is 437 g/mol. The number of anilines is 2. The summed E-state index contributed by atoms with van der Waals surface area (Å²) in [5, 5.41) is 5.19. The molecule has 0 spiro atoms. The normalized spacial score (nSPS) is 15.6. The molecule has 3 amide bonds. The molecule has 29 heavy (non-hydrogen) atoms. The number of para-hydroxylation sites is 1. The summed E-state index contributed by atoms with van der Waals surface area (Å²) in [6, 6.07) is 13.7. The van der Waals surface area contributed by atoms with Crippen molar-refractivity contribution in [1.82, 2.24) is 9.96 Å². The monoisotopic (exact) mass is 436 g/mol. The quantitative estimate of drug-likeness (QED) is 0.752. The Morgan fingerprint density at radius 1 is 1.07 bits per heavy atom. The average Bonchev–Trinajstić information content (AvgIpc) is 2.67. The van der Waals surface area contributed by atoms with Gasteiger partial charge in [-0.3, -0.25) is 19.4 Å². The second-order valence-corrected chi connectivity index (χ2v) is 7.97. The van der Waals surface area contributed by atoms with E-state index >= 15 is 0 Å². The number of nitrogens with one attached hydrogen (secondary N) is 1. The predicted molar refractivity (Wildman–Crippen MR) is 114 cm³/mol. The molecule has 0 saturated carbocycles. The van der Waals surface area contributed by atoms with Gasteiger partial charge in [0.2, 0.25) is 5.91 Å². The van der Waals surface area contributed by atoms with Gasteiger partial charge < -0.3 is 5.32 Å². The predicted octanol–water partition coefficient (Wildman–Crippen LogP) is 4.43. The van der Waals surface area contributed by atoms with Crippen LogP contribution >= 0.6 is 23.2 Å². The first kappa shape index (κ1) is 21.4. The minimum absolute atomic E-state index is 0.134. The lowest BCUT2D eigenvalue weighted by Gasteiger charge is -2.46. The zero-order valence-electron chi connectivity index (χ0n) is 16.4. The van der Waals surface area contributed by atoms with Crippen LogP contribution in [0.5, 0.6) is 0 Å². The van der Waals surface area contributed by atoms with Gasteiger partial charge in [-0.15, -0.1) is 5.06 Å². The minimum Gasteiger partial charge on any atom is -0.324 e. The Morgan fingerprint density at radius 2 is 1.69 bits per heavy atom. The van der Waals surface area contributed by atoms with Crippen molar-refractivity contribution >= 4 is 46.5 Å². The molecule has 1 N–H and O–H groups in total. The Hall–Kier alpha value is -2.32. The van der Waals surface area contributed by atoms with Gasteiger partial charge in [0, 0.05) is 21.4 Å². The molecule has 1 aliphatic rings. The van der Waals surface area contributed by atoms with Crippen LogP contribution in [0.25, 0.3) is 0 Å². The van der Waals surface area contributed by atoms with E-state index in [9.17, 15) is 9.59 Å². The highest BCUT2D eigenvalue weighted by Crippen LogP contribution is 2.28. The third kappa shape index (κ3) is 4.64. The molecule has 0 aliphatic carbocycles. The number of benzene rings is 2. The van der Waals surface area contributed by atoms with Crippen LogP contribution in [0.2, 0.25) is 10.0 Å². The van der Waals surface area contributed by atoms with Gasteiger partial charge in [-0.1, -0.05) is 41.4 Å². The van der Waals surface area contributed by atoms with Crippen molar-refractivity contribution in [3.63, 3.8) is 0 Å². The lowest BCUT2D eigenvalue weighted by atomic mass is 10.0. The first-order valence-corrected chi connectivity index (χ1v) is 9.69. The van der Waals surface area contributed by atoms with Gasteiger partial charge in [0.05, 0.1) is 7.11 Å². The first-order chi connectivity index (χ1) is 13.7. The first-order valence-electron chi connectivity index (χ1n) is 8.93. The lowest BCUT2D eigenvalue weighted by molar-refractivity contribution is -0.171. The molecule has 2 aromatic carbocycles. The summed E-state index contributed by atoms with van der Waals surface area (Å²) in [7, 11) is 1.53. The molecule has 1 saturated heterocycles. The van der Waals surface area contributed by atoms with Crippen molar-refractivity contribution in [2.45, 2.75) is 19.4 Å². The van der Waals surface area contributed by atoms with Crippen LogP contribution in [0.15, 0.2) is 48.5 Å². The van der Waals surface area contributed by atoms with Crippen molar-refractivity contribution in [1.29, 1.82) is 0 Å². The van der Waals surface area contributed by atoms with Gasteiger partial charge in [-0.2, -0.15) is 0 Å². The van der Waals surface area contributed by atoms with E-state index in [2.05, 4.69) is 5.32 Å². The third-order valence-corrected chi connectivity index (χ3v) is 5.17. The Bertz CT molecular complexity index is 888. The summed E-state index contributed by atoms with van der Waals surface area (Å²) < 4.78 is 0. The van der Waals surface area contributed by atoms with Crippen molar-refractivity contribution in [3.8, 4) is 0 Å². The molecule has 1 heterocycles. The maximum atomic E-state index is 13.2. The van der Waals surface area contributed by atoms with Crippen molar-refractivity contribution in [3.05, 3.63) is 58.6 Å². The standard InChI is InChI=1S/C20H22Cl2N4O3/c1-20(2,18(27)23-16-10-14(21)9-15(22)11-16)26-13-24(29-3)12-25(19(26)28)17-7-5-4-6-8-17/h4-11H,12-13H2,1-3H3,(H,23,27). The number of carbonyl (C=O) groups is 2. The number of rotatable bonds is 5. The number of hydrogen-bond acceptors (Lipinski definition) is 4. The zero-order valence-corrected chi connectivity index (χ0v) is 17.9. The van der Waals surface area contributed by atoms with Gasteiger partial charge in [0.25, 0.3) is 0 Å². The summed E-state index contributed by atoms with van der Waals surface area (Å²) in [6.45, 7) is 3.73. The molecule has 3 rings (SSSR count). The van der Waals surface area contributed by atoms with E-state index in [-0.39, 0.29) is 25.3 Å². The number of halogens is 2. The number of urea groups is 1. The summed E-state index contributed by atoms with van der Waals surface area (Å²) in [4.78, 5) is 34.7. The summed E-state index contributed by atoms with van der Waals surface area (Å²) in [5.74, 6) is -0.379. The molecule has 0 unspecified atom stereocenters. The summed E-state index contributed by atoms with van der Waals surface area (Å²) in [5.41, 5.74) is -0.0218. The molecule has 7 nitrogen and oxygen atoms in total. The van der Waals surface area contributed by atoms with E-state index in [4.69, 9.17) is 28.0 Å². The van der Waals surface area contributed by atoms with Gasteiger partial charge >= 0.3 is 6.03 Å². The lowest BCUT2D eigenvalue weighted by Crippen LogP contribution is -2.66. The summed E-state index contributed by atoms with van der Waals surface area (Å²) in [6.07, 6.45) is 0. The maximum absolute atomic E-state index is 13.2. The van der Waals surface area contributed by atoms with Crippen LogP contribution in [0, 0.1) is 0 Å². The van der Waals surface area contributed by atoms with Crippen LogP contribution in [0.1, 0.15) is 13.8 Å². The highest BCUT2D eigenvalue weighted by atomic mass is 35.5. The van der Waals surface area contributed by atoms with Crippen LogP contribution in [-0.4, -0.2) is 47.9 Å². The highest BCUT2D eigenvalue weighted by molar-refractivity contribution is 6.35. The van der Waals surface area contributed by atoms with E-state index in [1.54, 1.807) is 42.0 Å². The third-order valence-electron chi connectivity index (χ3n) is 4.74. The SMILES string of the molecule is CON1CN(c2ccccc2)C(=O)N(C(C)(C)C(=O)Nc2cc(Cl)cc(Cl)c2)C1. The molecule has 0 atom stereocenters. The van der Waals surface area contributed by atoms with Crippen LogP contribution in [0.4, 0.5) is 16.2 Å². The molecule has 2 aromatic rings. The smallest absolute Gasteiger partial charge is 0.324 e. The van der Waals surface area contributed by atoms with Gasteiger partial charge in [0.15, 0.2) is 0 Å². The molecular weight excluding hydrogens is 415 g/mol. The fourth-order valence-electron chi connectivity index (χ4n) is 2.99. The fourth-order valence-corrected chi connectivity index (χ4v) is 3.52. The minimum atomic E-state index is -1.18. The maximum Gasteiger partial charge on any atom is 0.327 e. The number of nitrogens with zero attached hydrogens (tertiary/aromatic N) is 3. The zero-order chi connectivity index (χ0) is 21.2. The van der Waals surface area contributed by atoms with E-state index < -0.39 is 5.54 Å². The molecule has 9 heteroatoms. The summed E-state index contributed by atoms with van der Waals surface area (Å²) >= 11 is 12.0. The van der Waals surface area contributed by atoms with Gasteiger partial charge in [-0.25, -0.2) is 4.79 Å². The molecule has 0 bridgehead atoms. The molecule has 154 valence electrons. The molecule has 0 aromatic heterocycles. The van der Waals surface area contributed by atoms with E-state index in [1.165, 1.54) is 12.0 Å². The van der Waals surface area contributed by atoms with E-state index in [0.29, 0.717) is 21.4 Å². The topological polar surface area (TPSA) is 65.1 Å². The number of hydrogen-bond donors (Lipinski definition) is 1. The van der Waals surface area contributed by atoms with Crippen molar-refractivity contribution < 1.29 is 14.4 Å². The van der Waals surface area contributed by atoms with Gasteiger partial charge in [-0.05, 0) is 44.2 Å². The number of hydroxylamine groups is 2. The van der Waals surface area contributed by atoms with Crippen molar-refractivity contribution in [2.24, 2.45) is 0 Å². The molecule has 1 aliphatic heterocycles. The van der Waals surface area contributed by atoms with Crippen LogP contribution in [-0.2, 0) is 9.63 Å². The Morgan fingerprint density at radius 3 is 2.28 bits per heavy atom. The van der Waals surface area contributed by atoms with E-state index in [0.717, 1.165) is 0 Å². The van der Waals surface area contributed by atoms with Crippen LogP contribution < -0.4 is 10.2 Å². The largest absolute Gasteiger partial charge is 0.327 e.